The lowest BCUT2D eigenvalue weighted by molar-refractivity contribution is 0.628. The highest BCUT2D eigenvalue weighted by atomic mass is 127. The minimum atomic E-state index is 0.0115. The number of imidazole rings is 1. The van der Waals surface area contributed by atoms with Crippen molar-refractivity contribution in [3.05, 3.63) is 51.6 Å². The molecule has 2 rings (SSSR count). The first-order valence-corrected chi connectivity index (χ1v) is 6.79. The molecule has 1 heterocycles. The van der Waals surface area contributed by atoms with Gasteiger partial charge in [0, 0.05) is 35.0 Å². The summed E-state index contributed by atoms with van der Waals surface area (Å²) in [4.78, 5) is 4.36. The van der Waals surface area contributed by atoms with Gasteiger partial charge in [-0.1, -0.05) is 12.1 Å². The number of benzene rings is 1. The number of hydrogen-bond acceptors (Lipinski definition) is 2. The van der Waals surface area contributed by atoms with E-state index in [-0.39, 0.29) is 6.04 Å². The SMILES string of the molecule is CCn1ccnc1CC(N)c1cccc(I)c1. The van der Waals surface area contributed by atoms with E-state index in [9.17, 15) is 0 Å². The Kier molecular flexibility index (Phi) is 4.17. The third-order valence-electron chi connectivity index (χ3n) is 2.82. The van der Waals surface area contributed by atoms with Crippen LogP contribution in [0.15, 0.2) is 36.7 Å². The van der Waals surface area contributed by atoms with Gasteiger partial charge < -0.3 is 10.3 Å². The number of nitrogens with zero attached hydrogens (tertiary/aromatic N) is 2. The number of halogens is 1. The van der Waals surface area contributed by atoms with Gasteiger partial charge in [-0.15, -0.1) is 0 Å². The van der Waals surface area contributed by atoms with Crippen molar-refractivity contribution in [2.75, 3.05) is 0 Å². The topological polar surface area (TPSA) is 43.8 Å². The van der Waals surface area contributed by atoms with Gasteiger partial charge in [0.1, 0.15) is 5.82 Å². The highest BCUT2D eigenvalue weighted by Gasteiger charge is 2.10. The lowest BCUT2D eigenvalue weighted by Crippen LogP contribution is -2.16. The molecule has 1 unspecified atom stereocenters. The van der Waals surface area contributed by atoms with Crippen LogP contribution in [0.5, 0.6) is 0 Å². The molecule has 90 valence electrons. The average Bonchev–Trinajstić information content (AvgIpc) is 2.76. The van der Waals surface area contributed by atoms with Crippen LogP contribution >= 0.6 is 22.6 Å². The minimum Gasteiger partial charge on any atom is -0.335 e. The molecule has 0 radical (unpaired) electrons. The molecule has 0 amide bonds. The lowest BCUT2D eigenvalue weighted by atomic mass is 10.0. The van der Waals surface area contributed by atoms with E-state index >= 15 is 0 Å². The highest BCUT2D eigenvalue weighted by molar-refractivity contribution is 14.1. The number of aromatic nitrogens is 2. The summed E-state index contributed by atoms with van der Waals surface area (Å²) >= 11 is 2.31. The molecule has 17 heavy (non-hydrogen) atoms. The molecule has 0 bridgehead atoms. The maximum atomic E-state index is 6.22. The Morgan fingerprint density at radius 3 is 3.00 bits per heavy atom. The molecule has 1 aromatic heterocycles. The Labute approximate surface area is 115 Å². The van der Waals surface area contributed by atoms with E-state index in [1.165, 1.54) is 9.13 Å². The van der Waals surface area contributed by atoms with Gasteiger partial charge in [-0.25, -0.2) is 4.98 Å². The molecule has 1 aromatic carbocycles. The van der Waals surface area contributed by atoms with Crippen molar-refractivity contribution in [1.29, 1.82) is 0 Å². The van der Waals surface area contributed by atoms with E-state index in [0.717, 1.165) is 18.8 Å². The van der Waals surface area contributed by atoms with Gasteiger partial charge in [0.05, 0.1) is 0 Å². The standard InChI is InChI=1S/C13H16IN3/c1-2-17-7-6-16-13(17)9-12(15)10-4-3-5-11(14)8-10/h3-8,12H,2,9,15H2,1H3. The molecule has 3 nitrogen and oxygen atoms in total. The van der Waals surface area contributed by atoms with Gasteiger partial charge in [0.15, 0.2) is 0 Å². The summed E-state index contributed by atoms with van der Waals surface area (Å²) in [5.74, 6) is 1.05. The second-order valence-corrected chi connectivity index (χ2v) is 5.24. The van der Waals surface area contributed by atoms with Crippen LogP contribution in [-0.2, 0) is 13.0 Å². The van der Waals surface area contributed by atoms with Gasteiger partial charge in [-0.3, -0.25) is 0 Å². The molecule has 4 heteroatoms. The predicted molar refractivity (Wildman–Crippen MR) is 77.7 cm³/mol. The lowest BCUT2D eigenvalue weighted by Gasteiger charge is -2.13. The molecule has 1 atom stereocenters. The summed E-state index contributed by atoms with van der Waals surface area (Å²) in [6, 6.07) is 8.33. The molecule has 0 spiro atoms. The average molecular weight is 341 g/mol. The number of rotatable bonds is 4. The van der Waals surface area contributed by atoms with Crippen LogP contribution in [0.2, 0.25) is 0 Å². The van der Waals surface area contributed by atoms with Gasteiger partial charge >= 0.3 is 0 Å². The fourth-order valence-electron chi connectivity index (χ4n) is 1.87. The molecule has 0 aliphatic rings. The van der Waals surface area contributed by atoms with Gasteiger partial charge in [-0.2, -0.15) is 0 Å². The third-order valence-corrected chi connectivity index (χ3v) is 3.49. The van der Waals surface area contributed by atoms with Crippen molar-refractivity contribution in [2.45, 2.75) is 25.9 Å². The summed E-state index contributed by atoms with van der Waals surface area (Å²) in [6.45, 7) is 3.05. The Hall–Kier alpha value is -0.880. The largest absolute Gasteiger partial charge is 0.335 e. The summed E-state index contributed by atoms with van der Waals surface area (Å²) in [7, 11) is 0. The normalized spacial score (nSPS) is 12.6. The van der Waals surface area contributed by atoms with Crippen molar-refractivity contribution < 1.29 is 0 Å². The smallest absolute Gasteiger partial charge is 0.110 e. The Bertz CT molecular complexity index is 493. The zero-order valence-corrected chi connectivity index (χ0v) is 12.0. The molecule has 0 saturated carbocycles. The monoisotopic (exact) mass is 341 g/mol. The van der Waals surface area contributed by atoms with Gasteiger partial charge in [0.25, 0.3) is 0 Å². The summed E-state index contributed by atoms with van der Waals surface area (Å²) in [5.41, 5.74) is 7.39. The molecular formula is C13H16IN3. The van der Waals surface area contributed by atoms with Crippen molar-refractivity contribution >= 4 is 22.6 Å². The number of aryl methyl sites for hydroxylation is 1. The maximum absolute atomic E-state index is 6.22. The Balaban J connectivity index is 2.14. The fraction of sp³-hybridized carbons (Fsp3) is 0.308. The maximum Gasteiger partial charge on any atom is 0.110 e. The molecule has 0 aliphatic carbocycles. The van der Waals surface area contributed by atoms with E-state index in [1.54, 1.807) is 0 Å². The molecule has 0 saturated heterocycles. The first-order valence-electron chi connectivity index (χ1n) is 5.71. The van der Waals surface area contributed by atoms with E-state index in [2.05, 4.69) is 57.3 Å². The first kappa shape index (κ1) is 12.6. The van der Waals surface area contributed by atoms with Crippen LogP contribution in [0.25, 0.3) is 0 Å². The van der Waals surface area contributed by atoms with Crippen LogP contribution in [0.1, 0.15) is 24.4 Å². The van der Waals surface area contributed by atoms with Crippen LogP contribution in [0.4, 0.5) is 0 Å². The summed E-state index contributed by atoms with van der Waals surface area (Å²) in [6.07, 6.45) is 4.61. The molecular weight excluding hydrogens is 325 g/mol. The number of hydrogen-bond donors (Lipinski definition) is 1. The van der Waals surface area contributed by atoms with Gasteiger partial charge in [0.2, 0.25) is 0 Å². The predicted octanol–water partition coefficient (Wildman–Crippen LogP) is 2.75. The second kappa shape index (κ2) is 5.64. The molecule has 2 aromatic rings. The molecule has 0 aliphatic heterocycles. The van der Waals surface area contributed by atoms with Crippen LogP contribution in [-0.4, -0.2) is 9.55 Å². The Morgan fingerprint density at radius 2 is 2.29 bits per heavy atom. The van der Waals surface area contributed by atoms with Crippen molar-refractivity contribution in [2.24, 2.45) is 5.73 Å². The van der Waals surface area contributed by atoms with E-state index < -0.39 is 0 Å². The van der Waals surface area contributed by atoms with Gasteiger partial charge in [-0.05, 0) is 47.2 Å². The third kappa shape index (κ3) is 3.07. The quantitative estimate of drug-likeness (QED) is 0.869. The van der Waals surface area contributed by atoms with Crippen molar-refractivity contribution in [3.63, 3.8) is 0 Å². The molecule has 0 fully saturated rings. The van der Waals surface area contributed by atoms with E-state index in [1.807, 2.05) is 18.5 Å². The zero-order chi connectivity index (χ0) is 12.3. The van der Waals surface area contributed by atoms with Crippen LogP contribution in [0, 0.1) is 3.57 Å². The highest BCUT2D eigenvalue weighted by Crippen LogP contribution is 2.17. The van der Waals surface area contributed by atoms with E-state index in [0.29, 0.717) is 0 Å². The zero-order valence-electron chi connectivity index (χ0n) is 9.81. The van der Waals surface area contributed by atoms with Crippen molar-refractivity contribution in [1.82, 2.24) is 9.55 Å². The first-order chi connectivity index (χ1) is 8.20. The van der Waals surface area contributed by atoms with Crippen LogP contribution < -0.4 is 5.73 Å². The number of nitrogens with two attached hydrogens (primary N) is 1. The van der Waals surface area contributed by atoms with Crippen LogP contribution in [0.3, 0.4) is 0 Å². The summed E-state index contributed by atoms with van der Waals surface area (Å²) < 4.78 is 3.35. The van der Waals surface area contributed by atoms with E-state index in [4.69, 9.17) is 5.73 Å². The second-order valence-electron chi connectivity index (χ2n) is 4.00. The minimum absolute atomic E-state index is 0.0115. The fourth-order valence-corrected chi connectivity index (χ4v) is 2.44. The molecule has 2 N–H and O–H groups in total. The summed E-state index contributed by atoms with van der Waals surface area (Å²) in [5, 5.41) is 0. The van der Waals surface area contributed by atoms with Crippen molar-refractivity contribution in [3.8, 4) is 0 Å². The Morgan fingerprint density at radius 1 is 1.47 bits per heavy atom.